The van der Waals surface area contributed by atoms with Crippen LogP contribution in [0.2, 0.25) is 0 Å². The minimum Gasteiger partial charge on any atom is -0.350 e. The first-order chi connectivity index (χ1) is 8.18. The summed E-state index contributed by atoms with van der Waals surface area (Å²) >= 11 is 3.41. The number of aromatic nitrogens is 1. The van der Waals surface area contributed by atoms with Gasteiger partial charge in [-0.15, -0.1) is 0 Å². The maximum atomic E-state index is 12.0. The van der Waals surface area contributed by atoms with Gasteiger partial charge in [0.05, 0.1) is 11.1 Å². The Morgan fingerprint density at radius 3 is 2.88 bits per heavy atom. The molecule has 0 radical (unpaired) electrons. The monoisotopic (exact) mass is 292 g/mol. The van der Waals surface area contributed by atoms with Crippen LogP contribution in [-0.4, -0.2) is 23.2 Å². The van der Waals surface area contributed by atoms with Gasteiger partial charge in [-0.3, -0.25) is 9.59 Å². The van der Waals surface area contributed by atoms with Crippen LogP contribution in [0.3, 0.4) is 0 Å². The van der Waals surface area contributed by atoms with Gasteiger partial charge in [-0.05, 0) is 22.0 Å². The molecule has 2 N–H and O–H groups in total. The molecule has 1 aromatic carbocycles. The molecule has 1 aliphatic rings. The Labute approximate surface area is 106 Å². The van der Waals surface area contributed by atoms with Gasteiger partial charge in [0.1, 0.15) is 5.69 Å². The van der Waals surface area contributed by atoms with Crippen LogP contribution in [0.15, 0.2) is 22.7 Å². The summed E-state index contributed by atoms with van der Waals surface area (Å²) in [7, 11) is 0. The van der Waals surface area contributed by atoms with Gasteiger partial charge < -0.3 is 10.3 Å². The molecule has 4 nitrogen and oxygen atoms in total. The second kappa shape index (κ2) is 3.70. The fourth-order valence-corrected chi connectivity index (χ4v) is 2.61. The Hall–Kier alpha value is -1.62. The lowest BCUT2D eigenvalue weighted by Crippen LogP contribution is -2.23. The van der Waals surface area contributed by atoms with Crippen LogP contribution in [0.25, 0.3) is 10.9 Å². The van der Waals surface area contributed by atoms with Crippen molar-refractivity contribution in [1.82, 2.24) is 10.3 Å². The number of nitrogens with one attached hydrogen (secondary N) is 2. The summed E-state index contributed by atoms with van der Waals surface area (Å²) in [6.07, 6.45) is 0.345. The predicted octanol–water partition coefficient (Wildman–Crippen LogP) is 2.25. The summed E-state index contributed by atoms with van der Waals surface area (Å²) in [5, 5.41) is 3.51. The van der Waals surface area contributed by atoms with Crippen LogP contribution in [-0.2, 0) is 0 Å². The van der Waals surface area contributed by atoms with Crippen LogP contribution in [0.5, 0.6) is 0 Å². The summed E-state index contributed by atoms with van der Waals surface area (Å²) in [6, 6.07) is 5.59. The van der Waals surface area contributed by atoms with Crippen molar-refractivity contribution in [3.05, 3.63) is 33.9 Å². The topological polar surface area (TPSA) is 62.0 Å². The number of amides is 1. The average Bonchev–Trinajstić information content (AvgIpc) is 2.63. The SMILES string of the molecule is O=C1NCCC(=O)c2c1[nH]c1c(Br)cccc21. The Bertz CT molecular complexity index is 645. The van der Waals surface area contributed by atoms with E-state index in [1.165, 1.54) is 0 Å². The first-order valence-electron chi connectivity index (χ1n) is 5.30. The fraction of sp³-hybridized carbons (Fsp3) is 0.167. The van der Waals surface area contributed by atoms with Crippen molar-refractivity contribution in [1.29, 1.82) is 0 Å². The number of carbonyl (C=O) groups is 2. The third-order valence-corrected chi connectivity index (χ3v) is 3.59. The number of H-pyrrole nitrogens is 1. The van der Waals surface area contributed by atoms with Crippen LogP contribution in [0.1, 0.15) is 27.3 Å². The largest absolute Gasteiger partial charge is 0.350 e. The van der Waals surface area contributed by atoms with Gasteiger partial charge in [-0.25, -0.2) is 0 Å². The number of hydrogen-bond acceptors (Lipinski definition) is 2. The summed E-state index contributed by atoms with van der Waals surface area (Å²) in [5.41, 5.74) is 1.67. The lowest BCUT2D eigenvalue weighted by Gasteiger charge is -1.97. The van der Waals surface area contributed by atoms with E-state index in [2.05, 4.69) is 26.2 Å². The Morgan fingerprint density at radius 1 is 1.24 bits per heavy atom. The van der Waals surface area contributed by atoms with Gasteiger partial charge in [-0.2, -0.15) is 0 Å². The molecule has 1 amide bonds. The standard InChI is InChI=1S/C12H9BrN2O2/c13-7-3-1-2-6-9-8(16)4-5-14-12(17)11(9)15-10(6)7/h1-3,15H,4-5H2,(H,14,17). The number of para-hydroxylation sites is 1. The molecule has 0 saturated carbocycles. The second-order valence-electron chi connectivity index (χ2n) is 3.97. The van der Waals surface area contributed by atoms with E-state index in [1.54, 1.807) is 0 Å². The molecule has 2 aromatic rings. The molecule has 3 rings (SSSR count). The normalized spacial score (nSPS) is 15.6. The Balaban J connectivity index is 2.41. The van der Waals surface area contributed by atoms with Crippen molar-refractivity contribution in [2.24, 2.45) is 0 Å². The van der Waals surface area contributed by atoms with E-state index in [9.17, 15) is 9.59 Å². The molecule has 0 aliphatic carbocycles. The highest BCUT2D eigenvalue weighted by Gasteiger charge is 2.26. The number of Topliss-reactive ketones (excluding diaryl/α,β-unsaturated/α-hetero) is 1. The molecule has 2 heterocycles. The number of aromatic amines is 1. The molecule has 0 bridgehead atoms. The third kappa shape index (κ3) is 1.50. The highest BCUT2D eigenvalue weighted by Crippen LogP contribution is 2.30. The van der Waals surface area contributed by atoms with E-state index in [0.29, 0.717) is 24.2 Å². The minimum atomic E-state index is -0.214. The Kier molecular flexibility index (Phi) is 2.29. The molecular formula is C12H9BrN2O2. The molecule has 0 spiro atoms. The quantitative estimate of drug-likeness (QED) is 0.782. The van der Waals surface area contributed by atoms with Gasteiger partial charge in [0.2, 0.25) is 0 Å². The van der Waals surface area contributed by atoms with Crippen LogP contribution < -0.4 is 5.32 Å². The highest BCUT2D eigenvalue weighted by atomic mass is 79.9. The molecule has 17 heavy (non-hydrogen) atoms. The van der Waals surface area contributed by atoms with Gasteiger partial charge in [0.25, 0.3) is 5.91 Å². The summed E-state index contributed by atoms with van der Waals surface area (Å²) < 4.78 is 0.851. The van der Waals surface area contributed by atoms with Crippen LogP contribution >= 0.6 is 15.9 Å². The van der Waals surface area contributed by atoms with Crippen LogP contribution in [0.4, 0.5) is 0 Å². The lowest BCUT2D eigenvalue weighted by atomic mass is 10.1. The number of ketones is 1. The van der Waals surface area contributed by atoms with Gasteiger partial charge in [-0.1, -0.05) is 12.1 Å². The molecule has 0 fully saturated rings. The Morgan fingerprint density at radius 2 is 2.06 bits per heavy atom. The number of fused-ring (bicyclic) bond motifs is 3. The van der Waals surface area contributed by atoms with E-state index < -0.39 is 0 Å². The zero-order chi connectivity index (χ0) is 12.0. The number of hydrogen-bond donors (Lipinski definition) is 2. The molecular weight excluding hydrogens is 284 g/mol. The number of halogens is 1. The first kappa shape index (κ1) is 10.5. The minimum absolute atomic E-state index is 0.00250. The van der Waals surface area contributed by atoms with Gasteiger partial charge in [0, 0.05) is 22.8 Å². The van der Waals surface area contributed by atoms with E-state index >= 15 is 0 Å². The number of benzene rings is 1. The fourth-order valence-electron chi connectivity index (χ4n) is 2.14. The van der Waals surface area contributed by atoms with E-state index in [-0.39, 0.29) is 11.7 Å². The lowest BCUT2D eigenvalue weighted by molar-refractivity contribution is 0.0952. The van der Waals surface area contributed by atoms with Gasteiger partial charge in [0.15, 0.2) is 5.78 Å². The molecule has 0 atom stereocenters. The van der Waals surface area contributed by atoms with Gasteiger partial charge >= 0.3 is 0 Å². The zero-order valence-electron chi connectivity index (χ0n) is 8.84. The predicted molar refractivity (Wildman–Crippen MR) is 67.3 cm³/mol. The van der Waals surface area contributed by atoms with Crippen molar-refractivity contribution in [2.75, 3.05) is 6.54 Å². The van der Waals surface area contributed by atoms with Crippen molar-refractivity contribution < 1.29 is 9.59 Å². The third-order valence-electron chi connectivity index (χ3n) is 2.93. The zero-order valence-corrected chi connectivity index (χ0v) is 10.4. The smallest absolute Gasteiger partial charge is 0.268 e. The number of carbonyl (C=O) groups excluding carboxylic acids is 2. The van der Waals surface area contributed by atoms with E-state index in [0.717, 1.165) is 15.4 Å². The molecule has 0 unspecified atom stereocenters. The first-order valence-corrected chi connectivity index (χ1v) is 6.09. The van der Waals surface area contributed by atoms with Crippen LogP contribution in [0, 0.1) is 0 Å². The van der Waals surface area contributed by atoms with Crippen molar-refractivity contribution in [3.63, 3.8) is 0 Å². The average molecular weight is 293 g/mol. The maximum absolute atomic E-state index is 12.0. The van der Waals surface area contributed by atoms with E-state index in [4.69, 9.17) is 0 Å². The van der Waals surface area contributed by atoms with Crippen molar-refractivity contribution >= 4 is 38.5 Å². The molecule has 5 heteroatoms. The molecule has 0 saturated heterocycles. The molecule has 1 aliphatic heterocycles. The maximum Gasteiger partial charge on any atom is 0.268 e. The molecule has 86 valence electrons. The summed E-state index contributed by atoms with van der Waals surface area (Å²) in [6.45, 7) is 0.398. The van der Waals surface area contributed by atoms with E-state index in [1.807, 2.05) is 18.2 Å². The molecule has 1 aromatic heterocycles. The van der Waals surface area contributed by atoms with Crippen molar-refractivity contribution in [2.45, 2.75) is 6.42 Å². The summed E-state index contributed by atoms with van der Waals surface area (Å²) in [4.78, 5) is 26.9. The summed E-state index contributed by atoms with van der Waals surface area (Å²) in [5.74, 6) is -0.211. The second-order valence-corrected chi connectivity index (χ2v) is 4.82. The highest BCUT2D eigenvalue weighted by molar-refractivity contribution is 9.10. The number of rotatable bonds is 0. The van der Waals surface area contributed by atoms with Crippen molar-refractivity contribution in [3.8, 4) is 0 Å².